The van der Waals surface area contributed by atoms with Crippen molar-refractivity contribution < 1.29 is 0 Å². The van der Waals surface area contributed by atoms with Crippen molar-refractivity contribution in [3.05, 3.63) is 24.0 Å². The smallest absolute Gasteiger partial charge is 0.0542 e. The standard InChI is InChI=1S/C6H10N2/c1-7-6-3-2-4-8-5-6/h2-4,7-8H,5H2,1H3. The van der Waals surface area contributed by atoms with E-state index in [0.717, 1.165) is 6.54 Å². The predicted molar refractivity (Wildman–Crippen MR) is 34.3 cm³/mol. The summed E-state index contributed by atoms with van der Waals surface area (Å²) in [4.78, 5) is 0. The summed E-state index contributed by atoms with van der Waals surface area (Å²) < 4.78 is 0. The highest BCUT2D eigenvalue weighted by atomic mass is 14.9. The van der Waals surface area contributed by atoms with Gasteiger partial charge in [-0.15, -0.1) is 0 Å². The van der Waals surface area contributed by atoms with Gasteiger partial charge >= 0.3 is 0 Å². The van der Waals surface area contributed by atoms with Gasteiger partial charge in [-0.1, -0.05) is 0 Å². The highest BCUT2D eigenvalue weighted by Gasteiger charge is 1.91. The van der Waals surface area contributed by atoms with Crippen molar-refractivity contribution in [2.75, 3.05) is 13.6 Å². The molecule has 0 bridgehead atoms. The van der Waals surface area contributed by atoms with Crippen molar-refractivity contribution in [2.45, 2.75) is 0 Å². The number of likely N-dealkylation sites (N-methyl/N-ethyl adjacent to an activating group) is 1. The van der Waals surface area contributed by atoms with Crippen molar-refractivity contribution >= 4 is 0 Å². The van der Waals surface area contributed by atoms with E-state index in [4.69, 9.17) is 0 Å². The lowest BCUT2D eigenvalue weighted by Gasteiger charge is -2.08. The fraction of sp³-hybridized carbons (Fsp3) is 0.333. The molecule has 0 spiro atoms. The molecule has 0 amide bonds. The Labute approximate surface area is 49.3 Å². The molecule has 0 saturated heterocycles. The molecule has 0 atom stereocenters. The molecule has 0 aromatic rings. The Hall–Kier alpha value is -0.920. The van der Waals surface area contributed by atoms with Crippen LogP contribution >= 0.6 is 0 Å². The first-order valence-electron chi connectivity index (χ1n) is 2.70. The largest absolute Gasteiger partial charge is 0.390 e. The van der Waals surface area contributed by atoms with Crippen LogP contribution in [-0.4, -0.2) is 13.6 Å². The molecular formula is C6H10N2. The van der Waals surface area contributed by atoms with Crippen molar-refractivity contribution in [3.63, 3.8) is 0 Å². The van der Waals surface area contributed by atoms with Crippen LogP contribution in [0.2, 0.25) is 0 Å². The molecule has 0 aromatic heterocycles. The van der Waals surface area contributed by atoms with E-state index in [9.17, 15) is 0 Å². The maximum atomic E-state index is 3.07. The fourth-order valence-electron chi connectivity index (χ4n) is 0.632. The molecule has 2 nitrogen and oxygen atoms in total. The monoisotopic (exact) mass is 110 g/mol. The molecule has 44 valence electrons. The van der Waals surface area contributed by atoms with E-state index in [2.05, 4.69) is 16.7 Å². The number of hydrogen-bond donors (Lipinski definition) is 2. The second-order valence-electron chi connectivity index (χ2n) is 1.68. The molecule has 0 aromatic carbocycles. The third-order valence-corrected chi connectivity index (χ3v) is 1.13. The highest BCUT2D eigenvalue weighted by Crippen LogP contribution is 1.90. The molecule has 1 heterocycles. The lowest BCUT2D eigenvalue weighted by Crippen LogP contribution is -2.20. The fourth-order valence-corrected chi connectivity index (χ4v) is 0.632. The SMILES string of the molecule is CNC1=CC=CNC1. The van der Waals surface area contributed by atoms with Gasteiger partial charge in [0, 0.05) is 12.7 Å². The van der Waals surface area contributed by atoms with E-state index >= 15 is 0 Å². The van der Waals surface area contributed by atoms with Gasteiger partial charge in [-0.05, 0) is 18.4 Å². The molecule has 1 rings (SSSR count). The van der Waals surface area contributed by atoms with Gasteiger partial charge in [0.15, 0.2) is 0 Å². The van der Waals surface area contributed by atoms with E-state index in [-0.39, 0.29) is 0 Å². The average Bonchev–Trinajstić information content (AvgIpc) is 1.90. The lowest BCUT2D eigenvalue weighted by molar-refractivity contribution is 0.830. The second-order valence-corrected chi connectivity index (χ2v) is 1.68. The first-order chi connectivity index (χ1) is 3.93. The van der Waals surface area contributed by atoms with Crippen LogP contribution < -0.4 is 10.6 Å². The Morgan fingerprint density at radius 2 is 2.62 bits per heavy atom. The van der Waals surface area contributed by atoms with E-state index in [1.165, 1.54) is 5.70 Å². The number of hydrogen-bond acceptors (Lipinski definition) is 2. The van der Waals surface area contributed by atoms with Gasteiger partial charge in [-0.2, -0.15) is 0 Å². The molecular weight excluding hydrogens is 100 g/mol. The zero-order valence-corrected chi connectivity index (χ0v) is 4.94. The molecule has 2 heteroatoms. The topological polar surface area (TPSA) is 24.1 Å². The molecule has 1 aliphatic heterocycles. The van der Waals surface area contributed by atoms with Gasteiger partial charge in [-0.25, -0.2) is 0 Å². The summed E-state index contributed by atoms with van der Waals surface area (Å²) >= 11 is 0. The summed E-state index contributed by atoms with van der Waals surface area (Å²) in [5.41, 5.74) is 1.23. The van der Waals surface area contributed by atoms with Crippen LogP contribution in [-0.2, 0) is 0 Å². The normalized spacial score (nSPS) is 16.9. The maximum Gasteiger partial charge on any atom is 0.0542 e. The quantitative estimate of drug-likeness (QED) is 0.504. The Kier molecular flexibility index (Phi) is 1.57. The maximum absolute atomic E-state index is 3.07. The van der Waals surface area contributed by atoms with Crippen LogP contribution in [0.1, 0.15) is 0 Å². The van der Waals surface area contributed by atoms with Crippen LogP contribution in [0.5, 0.6) is 0 Å². The zero-order valence-electron chi connectivity index (χ0n) is 4.94. The Balaban J connectivity index is 2.50. The summed E-state index contributed by atoms with van der Waals surface area (Å²) in [6.45, 7) is 0.924. The number of rotatable bonds is 1. The average molecular weight is 110 g/mol. The van der Waals surface area contributed by atoms with E-state index in [1.54, 1.807) is 0 Å². The number of nitrogens with one attached hydrogen (secondary N) is 2. The van der Waals surface area contributed by atoms with Gasteiger partial charge in [0.2, 0.25) is 0 Å². The van der Waals surface area contributed by atoms with Crippen molar-refractivity contribution in [1.82, 2.24) is 10.6 Å². The van der Waals surface area contributed by atoms with Gasteiger partial charge in [-0.3, -0.25) is 0 Å². The molecule has 8 heavy (non-hydrogen) atoms. The van der Waals surface area contributed by atoms with Crippen LogP contribution in [0.3, 0.4) is 0 Å². The van der Waals surface area contributed by atoms with Crippen molar-refractivity contribution in [2.24, 2.45) is 0 Å². The van der Waals surface area contributed by atoms with Crippen LogP contribution in [0.25, 0.3) is 0 Å². The molecule has 0 radical (unpaired) electrons. The summed E-state index contributed by atoms with van der Waals surface area (Å²) in [7, 11) is 1.92. The molecule has 0 saturated carbocycles. The van der Waals surface area contributed by atoms with Crippen LogP contribution in [0.4, 0.5) is 0 Å². The third-order valence-electron chi connectivity index (χ3n) is 1.13. The number of dihydropyridines is 1. The predicted octanol–water partition coefficient (Wildman–Crippen LogP) is 0.207. The molecule has 1 aliphatic rings. The summed E-state index contributed by atoms with van der Waals surface area (Å²) in [5, 5.41) is 6.13. The molecule has 0 aliphatic carbocycles. The molecule has 0 fully saturated rings. The van der Waals surface area contributed by atoms with Crippen LogP contribution in [0, 0.1) is 0 Å². The minimum absolute atomic E-state index is 0.924. The Morgan fingerprint density at radius 3 is 3.00 bits per heavy atom. The first kappa shape index (κ1) is 5.22. The van der Waals surface area contributed by atoms with E-state index in [0.29, 0.717) is 0 Å². The molecule has 0 unspecified atom stereocenters. The van der Waals surface area contributed by atoms with Gasteiger partial charge in [0.1, 0.15) is 0 Å². The van der Waals surface area contributed by atoms with Gasteiger partial charge in [0.05, 0.1) is 6.54 Å². The molecule has 2 N–H and O–H groups in total. The lowest BCUT2D eigenvalue weighted by atomic mass is 10.3. The van der Waals surface area contributed by atoms with E-state index in [1.807, 2.05) is 19.3 Å². The van der Waals surface area contributed by atoms with Crippen LogP contribution in [0.15, 0.2) is 24.0 Å². The zero-order chi connectivity index (χ0) is 5.82. The minimum atomic E-state index is 0.924. The van der Waals surface area contributed by atoms with E-state index < -0.39 is 0 Å². The summed E-state index contributed by atoms with van der Waals surface area (Å²) in [6, 6.07) is 0. The minimum Gasteiger partial charge on any atom is -0.390 e. The highest BCUT2D eigenvalue weighted by molar-refractivity contribution is 5.16. The van der Waals surface area contributed by atoms with Gasteiger partial charge < -0.3 is 10.6 Å². The summed E-state index contributed by atoms with van der Waals surface area (Å²) in [5.74, 6) is 0. The Morgan fingerprint density at radius 1 is 1.75 bits per heavy atom. The Bertz CT molecular complexity index is 124. The van der Waals surface area contributed by atoms with Crippen molar-refractivity contribution in [1.29, 1.82) is 0 Å². The first-order valence-corrected chi connectivity index (χ1v) is 2.70. The van der Waals surface area contributed by atoms with Crippen molar-refractivity contribution in [3.8, 4) is 0 Å². The van der Waals surface area contributed by atoms with Gasteiger partial charge in [0.25, 0.3) is 0 Å². The number of allylic oxidation sites excluding steroid dienone is 2. The summed E-state index contributed by atoms with van der Waals surface area (Å²) in [6.07, 6.45) is 5.96. The second kappa shape index (κ2) is 2.40. The third kappa shape index (κ3) is 1.03.